The highest BCUT2D eigenvalue weighted by Gasteiger charge is 2.06. The van der Waals surface area contributed by atoms with Crippen molar-refractivity contribution in [2.24, 2.45) is 0 Å². The lowest BCUT2D eigenvalue weighted by molar-refractivity contribution is 0.282. The summed E-state index contributed by atoms with van der Waals surface area (Å²) < 4.78 is 1.72. The first-order chi connectivity index (χ1) is 10.8. The number of fused-ring (bicyclic) bond motifs is 1. The van der Waals surface area contributed by atoms with Crippen molar-refractivity contribution in [3.05, 3.63) is 53.5 Å². The van der Waals surface area contributed by atoms with Gasteiger partial charge in [-0.05, 0) is 24.0 Å². The van der Waals surface area contributed by atoms with Crippen LogP contribution in [0.15, 0.2) is 36.7 Å². The maximum absolute atomic E-state index is 9.05. The molecule has 0 saturated carbocycles. The van der Waals surface area contributed by atoms with Crippen LogP contribution in [0.1, 0.15) is 23.7 Å². The molecule has 0 saturated heterocycles. The third-order valence-electron chi connectivity index (χ3n) is 3.59. The summed E-state index contributed by atoms with van der Waals surface area (Å²) >= 11 is 0. The van der Waals surface area contributed by atoms with Crippen LogP contribution >= 0.6 is 0 Å². The van der Waals surface area contributed by atoms with Crippen LogP contribution in [0.2, 0.25) is 0 Å². The van der Waals surface area contributed by atoms with E-state index in [2.05, 4.69) is 27.3 Å². The Bertz CT molecular complexity index is 751. The predicted octanol–water partition coefficient (Wildman–Crippen LogP) is 1.83. The van der Waals surface area contributed by atoms with Gasteiger partial charge in [0.25, 0.3) is 5.78 Å². The normalized spacial score (nSPS) is 11.0. The van der Waals surface area contributed by atoms with E-state index < -0.39 is 0 Å². The van der Waals surface area contributed by atoms with Gasteiger partial charge < -0.3 is 10.4 Å². The van der Waals surface area contributed by atoms with Gasteiger partial charge in [0.2, 0.25) is 0 Å². The van der Waals surface area contributed by atoms with Crippen molar-refractivity contribution in [3.8, 4) is 0 Å². The summed E-state index contributed by atoms with van der Waals surface area (Å²) in [5.41, 5.74) is 3.15. The first kappa shape index (κ1) is 14.5. The van der Waals surface area contributed by atoms with Gasteiger partial charge in [0, 0.05) is 18.3 Å². The van der Waals surface area contributed by atoms with E-state index >= 15 is 0 Å². The largest absolute Gasteiger partial charge is 0.392 e. The molecule has 0 bridgehead atoms. The minimum absolute atomic E-state index is 0.0830. The number of hydrogen-bond donors (Lipinski definition) is 2. The Morgan fingerprint density at radius 2 is 1.95 bits per heavy atom. The Morgan fingerprint density at radius 1 is 1.18 bits per heavy atom. The highest BCUT2D eigenvalue weighted by atomic mass is 16.3. The number of anilines is 1. The summed E-state index contributed by atoms with van der Waals surface area (Å²) in [5.74, 6) is 1.53. The molecule has 6 heteroatoms. The Labute approximate surface area is 128 Å². The standard InChI is InChI=1S/C16H19N5O/c1-2-14-9-15(21-16(20-14)18-11-19-21)17-8-7-12-3-5-13(10-22)6-4-12/h3-6,9,11,17,22H,2,7-8,10H2,1H3. The molecule has 3 aromatic rings. The molecule has 0 aliphatic rings. The molecule has 2 aromatic heterocycles. The summed E-state index contributed by atoms with van der Waals surface area (Å²) in [7, 11) is 0. The van der Waals surface area contributed by atoms with E-state index in [9.17, 15) is 0 Å². The van der Waals surface area contributed by atoms with Crippen molar-refractivity contribution >= 4 is 11.6 Å². The minimum Gasteiger partial charge on any atom is -0.392 e. The zero-order valence-electron chi connectivity index (χ0n) is 12.5. The van der Waals surface area contributed by atoms with Crippen molar-refractivity contribution < 1.29 is 5.11 Å². The van der Waals surface area contributed by atoms with Crippen molar-refractivity contribution in [3.63, 3.8) is 0 Å². The summed E-state index contributed by atoms with van der Waals surface area (Å²) in [6.45, 7) is 2.95. The fourth-order valence-electron chi connectivity index (χ4n) is 2.31. The molecule has 2 heterocycles. The van der Waals surface area contributed by atoms with Crippen LogP contribution in [0.4, 0.5) is 5.82 Å². The molecule has 2 N–H and O–H groups in total. The topological polar surface area (TPSA) is 75.3 Å². The van der Waals surface area contributed by atoms with Gasteiger partial charge in [-0.3, -0.25) is 0 Å². The van der Waals surface area contributed by atoms with E-state index in [0.29, 0.717) is 5.78 Å². The van der Waals surface area contributed by atoms with Crippen molar-refractivity contribution in [1.29, 1.82) is 0 Å². The third kappa shape index (κ3) is 3.07. The van der Waals surface area contributed by atoms with Crippen LogP contribution in [0.25, 0.3) is 5.78 Å². The Morgan fingerprint density at radius 3 is 2.68 bits per heavy atom. The maximum atomic E-state index is 9.05. The Kier molecular flexibility index (Phi) is 4.29. The zero-order valence-corrected chi connectivity index (χ0v) is 12.5. The van der Waals surface area contributed by atoms with Crippen molar-refractivity contribution in [2.45, 2.75) is 26.4 Å². The molecule has 0 atom stereocenters. The average molecular weight is 297 g/mol. The molecular weight excluding hydrogens is 278 g/mol. The zero-order chi connectivity index (χ0) is 15.4. The second kappa shape index (κ2) is 6.53. The number of nitrogens with zero attached hydrogens (tertiary/aromatic N) is 4. The van der Waals surface area contributed by atoms with E-state index in [1.807, 2.05) is 30.3 Å². The number of hydrogen-bond acceptors (Lipinski definition) is 5. The van der Waals surface area contributed by atoms with Crippen LogP contribution in [-0.2, 0) is 19.4 Å². The second-order valence-corrected chi connectivity index (χ2v) is 5.11. The quantitative estimate of drug-likeness (QED) is 0.726. The molecule has 0 radical (unpaired) electrons. The van der Waals surface area contributed by atoms with Gasteiger partial charge in [-0.1, -0.05) is 31.2 Å². The number of nitrogens with one attached hydrogen (secondary N) is 1. The van der Waals surface area contributed by atoms with Crippen LogP contribution in [-0.4, -0.2) is 31.2 Å². The molecule has 1 aromatic carbocycles. The Balaban J connectivity index is 1.69. The van der Waals surface area contributed by atoms with E-state index in [0.717, 1.165) is 36.5 Å². The molecule has 0 aliphatic heterocycles. The lowest BCUT2D eigenvalue weighted by atomic mass is 10.1. The van der Waals surface area contributed by atoms with Gasteiger partial charge in [-0.2, -0.15) is 14.6 Å². The smallest absolute Gasteiger partial charge is 0.254 e. The van der Waals surface area contributed by atoms with Crippen molar-refractivity contribution in [2.75, 3.05) is 11.9 Å². The number of rotatable bonds is 6. The van der Waals surface area contributed by atoms with E-state index in [-0.39, 0.29) is 6.61 Å². The first-order valence-corrected chi connectivity index (χ1v) is 7.42. The van der Waals surface area contributed by atoms with Gasteiger partial charge in [-0.15, -0.1) is 0 Å². The molecular formula is C16H19N5O. The van der Waals surface area contributed by atoms with Gasteiger partial charge in [-0.25, -0.2) is 4.98 Å². The lowest BCUT2D eigenvalue weighted by Gasteiger charge is -2.09. The molecule has 0 aliphatic carbocycles. The van der Waals surface area contributed by atoms with E-state index in [1.165, 1.54) is 11.9 Å². The van der Waals surface area contributed by atoms with Gasteiger partial charge in [0.05, 0.1) is 6.61 Å². The minimum atomic E-state index is 0.0830. The number of aromatic nitrogens is 4. The molecule has 22 heavy (non-hydrogen) atoms. The first-order valence-electron chi connectivity index (χ1n) is 7.42. The molecule has 0 fully saturated rings. The third-order valence-corrected chi connectivity index (χ3v) is 3.59. The molecule has 3 rings (SSSR count). The summed E-state index contributed by atoms with van der Waals surface area (Å²) in [6.07, 6.45) is 3.27. The van der Waals surface area contributed by atoms with Crippen LogP contribution in [0.3, 0.4) is 0 Å². The maximum Gasteiger partial charge on any atom is 0.254 e. The van der Waals surface area contributed by atoms with E-state index in [4.69, 9.17) is 5.11 Å². The van der Waals surface area contributed by atoms with Crippen LogP contribution in [0, 0.1) is 0 Å². The Hall–Kier alpha value is -2.47. The second-order valence-electron chi connectivity index (χ2n) is 5.11. The number of benzene rings is 1. The molecule has 0 unspecified atom stereocenters. The summed E-state index contributed by atoms with van der Waals surface area (Å²) in [5, 5.41) is 16.6. The lowest BCUT2D eigenvalue weighted by Crippen LogP contribution is -2.10. The molecule has 0 amide bonds. The average Bonchev–Trinajstić information content (AvgIpc) is 3.04. The van der Waals surface area contributed by atoms with Crippen molar-refractivity contribution in [1.82, 2.24) is 19.6 Å². The highest BCUT2D eigenvalue weighted by Crippen LogP contribution is 2.12. The van der Waals surface area contributed by atoms with Gasteiger partial charge in [0.15, 0.2) is 0 Å². The van der Waals surface area contributed by atoms with Gasteiger partial charge >= 0.3 is 0 Å². The number of aryl methyl sites for hydroxylation is 1. The monoisotopic (exact) mass is 297 g/mol. The fraction of sp³-hybridized carbons (Fsp3) is 0.312. The van der Waals surface area contributed by atoms with Crippen LogP contribution < -0.4 is 5.32 Å². The van der Waals surface area contributed by atoms with Gasteiger partial charge in [0.1, 0.15) is 12.1 Å². The fourth-order valence-corrected chi connectivity index (χ4v) is 2.31. The summed E-state index contributed by atoms with van der Waals surface area (Å²) in [6, 6.07) is 10.0. The summed E-state index contributed by atoms with van der Waals surface area (Å²) in [4.78, 5) is 8.58. The molecule has 0 spiro atoms. The number of aliphatic hydroxyl groups excluding tert-OH is 1. The van der Waals surface area contributed by atoms with Crippen LogP contribution in [0.5, 0.6) is 0 Å². The highest BCUT2D eigenvalue weighted by molar-refractivity contribution is 5.45. The molecule has 114 valence electrons. The van der Waals surface area contributed by atoms with E-state index in [1.54, 1.807) is 4.52 Å². The predicted molar refractivity (Wildman–Crippen MR) is 84.7 cm³/mol. The number of aliphatic hydroxyl groups is 1. The SMILES string of the molecule is CCc1cc(NCCc2ccc(CO)cc2)n2ncnc2n1. The molecule has 6 nitrogen and oxygen atoms in total.